The highest BCUT2D eigenvalue weighted by atomic mass is 28.4. The van der Waals surface area contributed by atoms with Crippen molar-refractivity contribution in [1.82, 2.24) is 20.2 Å². The van der Waals surface area contributed by atoms with Crippen molar-refractivity contribution < 1.29 is 14.0 Å². The van der Waals surface area contributed by atoms with E-state index in [0.717, 1.165) is 22.6 Å². The van der Waals surface area contributed by atoms with Crippen LogP contribution < -0.4 is 8.85 Å². The van der Waals surface area contributed by atoms with E-state index in [2.05, 4.69) is 83.1 Å². The Bertz CT molecular complexity index is 1090. The number of rotatable bonds is 8. The Morgan fingerprint density at radius 2 is 1.11 bits per heavy atom. The Morgan fingerprint density at radius 3 is 1.41 bits per heavy atom. The zero-order valence-corrected chi connectivity index (χ0v) is 26.3. The van der Waals surface area contributed by atoms with Crippen molar-refractivity contribution >= 4 is 16.6 Å². The zero-order chi connectivity index (χ0) is 27.9. The van der Waals surface area contributed by atoms with E-state index in [1.54, 1.807) is 0 Å². The molecule has 0 aliphatic carbocycles. The summed E-state index contributed by atoms with van der Waals surface area (Å²) in [5, 5.41) is 24.6. The molecule has 1 atom stereocenters. The quantitative estimate of drug-likeness (QED) is 0.312. The molecule has 0 amide bonds. The van der Waals surface area contributed by atoms with Crippen LogP contribution >= 0.6 is 0 Å². The average Bonchev–Trinajstić information content (AvgIpc) is 3.32. The van der Waals surface area contributed by atoms with Gasteiger partial charge in [0.2, 0.25) is 16.6 Å². The second-order valence-corrected chi connectivity index (χ2v) is 22.4. The number of tetrazole rings is 1. The van der Waals surface area contributed by atoms with Gasteiger partial charge in [0.05, 0.1) is 0 Å². The monoisotopic (exact) mass is 540 g/mol. The fraction of sp³-hybridized carbons (Fsp3) is 0.536. The summed E-state index contributed by atoms with van der Waals surface area (Å²) in [4.78, 5) is 1.44. The molecule has 1 heterocycles. The predicted octanol–water partition coefficient (Wildman–Crippen LogP) is 6.94. The van der Waals surface area contributed by atoms with Crippen molar-refractivity contribution in [2.24, 2.45) is 0 Å². The van der Waals surface area contributed by atoms with Crippen LogP contribution in [0.4, 0.5) is 0 Å². The first-order valence-corrected chi connectivity index (χ1v) is 18.7. The lowest BCUT2D eigenvalue weighted by molar-refractivity contribution is 0.0183. The number of nitrogens with zero attached hydrogens (tertiary/aromatic N) is 4. The van der Waals surface area contributed by atoms with Gasteiger partial charge in [-0.25, -0.2) is 0 Å². The van der Waals surface area contributed by atoms with Crippen LogP contribution in [0.2, 0.25) is 36.3 Å². The van der Waals surface area contributed by atoms with Crippen molar-refractivity contribution in [1.29, 1.82) is 0 Å². The molecule has 3 aromatic rings. The lowest BCUT2D eigenvalue weighted by atomic mass is 9.81. The summed E-state index contributed by atoms with van der Waals surface area (Å²) in [6.45, 7) is 24.1. The minimum absolute atomic E-state index is 0.0912. The third kappa shape index (κ3) is 5.99. The first-order chi connectivity index (χ1) is 16.9. The van der Waals surface area contributed by atoms with Crippen LogP contribution in [-0.4, -0.2) is 41.9 Å². The van der Waals surface area contributed by atoms with Crippen LogP contribution in [0.3, 0.4) is 0 Å². The molecule has 1 aromatic heterocycles. The van der Waals surface area contributed by atoms with E-state index in [-0.39, 0.29) is 10.1 Å². The Kier molecular flexibility index (Phi) is 7.85. The summed E-state index contributed by atoms with van der Waals surface area (Å²) in [6.07, 6.45) is 1.38. The van der Waals surface area contributed by atoms with Gasteiger partial charge in [-0.05, 0) is 83.8 Å². The topological polar surface area (TPSA) is 82.3 Å². The molecule has 2 aromatic carbocycles. The Labute approximate surface area is 224 Å². The van der Waals surface area contributed by atoms with E-state index in [1.807, 2.05) is 55.5 Å². The summed E-state index contributed by atoms with van der Waals surface area (Å²) >= 11 is 0. The average molecular weight is 541 g/mol. The molecule has 0 aliphatic heterocycles. The van der Waals surface area contributed by atoms with Gasteiger partial charge < -0.3 is 14.0 Å². The standard InChI is InChI=1S/C28H44N4O3Si2/c1-21(32-30-20-29-31-32)28(33,22-12-16-24(17-13-22)34-36(8,9)26(2,3)4)23-14-18-25(19-15-23)35-37(10,11)27(5,6)7/h12-21,33H,1-11H3. The Hall–Kier alpha value is -2.50. The molecular weight excluding hydrogens is 497 g/mol. The summed E-state index contributed by atoms with van der Waals surface area (Å²) in [5.74, 6) is 1.62. The van der Waals surface area contributed by atoms with Gasteiger partial charge in [-0.15, -0.1) is 10.2 Å². The Morgan fingerprint density at radius 1 is 0.730 bits per heavy atom. The molecule has 0 bridgehead atoms. The lowest BCUT2D eigenvalue weighted by Gasteiger charge is -2.37. The van der Waals surface area contributed by atoms with E-state index >= 15 is 0 Å². The van der Waals surface area contributed by atoms with E-state index in [4.69, 9.17) is 8.85 Å². The molecule has 0 saturated heterocycles. The summed E-state index contributed by atoms with van der Waals surface area (Å²) in [5.41, 5.74) is 0.0296. The maximum Gasteiger partial charge on any atom is 0.250 e. The fourth-order valence-corrected chi connectivity index (χ4v) is 5.68. The summed E-state index contributed by atoms with van der Waals surface area (Å²) < 4.78 is 12.9. The van der Waals surface area contributed by atoms with Crippen molar-refractivity contribution in [3.63, 3.8) is 0 Å². The predicted molar refractivity (Wildman–Crippen MR) is 154 cm³/mol. The minimum atomic E-state index is -1.98. The van der Waals surface area contributed by atoms with E-state index in [9.17, 15) is 5.11 Å². The molecule has 1 unspecified atom stereocenters. The molecule has 202 valence electrons. The van der Waals surface area contributed by atoms with Gasteiger partial charge in [0.15, 0.2) is 6.33 Å². The van der Waals surface area contributed by atoms with Crippen molar-refractivity contribution in [2.75, 3.05) is 0 Å². The van der Waals surface area contributed by atoms with Crippen LogP contribution in [0, 0.1) is 0 Å². The number of hydrogen-bond acceptors (Lipinski definition) is 6. The third-order valence-corrected chi connectivity index (χ3v) is 17.0. The second kappa shape index (κ2) is 10.00. The summed E-state index contributed by atoms with van der Waals surface area (Å²) in [6, 6.07) is 15.0. The van der Waals surface area contributed by atoms with Gasteiger partial charge in [0.1, 0.15) is 23.1 Å². The van der Waals surface area contributed by atoms with Crippen LogP contribution in [0.15, 0.2) is 54.9 Å². The first-order valence-electron chi connectivity index (χ1n) is 12.9. The molecule has 0 saturated carbocycles. The number of hydrogen-bond donors (Lipinski definition) is 1. The van der Waals surface area contributed by atoms with Gasteiger partial charge in [-0.2, -0.15) is 4.80 Å². The van der Waals surface area contributed by atoms with Crippen molar-refractivity contribution in [3.8, 4) is 11.5 Å². The molecule has 37 heavy (non-hydrogen) atoms. The highest BCUT2D eigenvalue weighted by molar-refractivity contribution is 6.75. The van der Waals surface area contributed by atoms with Gasteiger partial charge in [-0.1, -0.05) is 65.8 Å². The van der Waals surface area contributed by atoms with Gasteiger partial charge in [-0.3, -0.25) is 0 Å². The summed E-state index contributed by atoms with van der Waals surface area (Å²) in [7, 11) is -3.97. The Balaban J connectivity index is 1.99. The third-order valence-electron chi connectivity index (χ3n) is 8.26. The maximum absolute atomic E-state index is 12.3. The maximum atomic E-state index is 12.3. The number of aliphatic hydroxyl groups is 1. The smallest absolute Gasteiger partial charge is 0.250 e. The molecule has 9 heteroatoms. The number of benzene rings is 2. The molecule has 1 N–H and O–H groups in total. The SMILES string of the molecule is CC(n1ncnn1)C(O)(c1ccc(O[Si](C)(C)C(C)(C)C)cc1)c1ccc(O[Si](C)(C)C(C)(C)C)cc1. The molecule has 0 fully saturated rings. The number of aromatic nitrogens is 4. The molecule has 0 aliphatic rings. The van der Waals surface area contributed by atoms with Gasteiger partial charge in [0.25, 0.3) is 0 Å². The normalized spacial score (nSPS) is 14.4. The molecule has 0 radical (unpaired) electrons. The fourth-order valence-electron chi connectivity index (χ4n) is 3.62. The van der Waals surface area contributed by atoms with Crippen LogP contribution in [0.5, 0.6) is 11.5 Å². The molecule has 0 spiro atoms. The second-order valence-electron chi connectivity index (χ2n) is 13.0. The largest absolute Gasteiger partial charge is 0.544 e. The molecule has 3 rings (SSSR count). The van der Waals surface area contributed by atoms with E-state index in [1.165, 1.54) is 11.1 Å². The van der Waals surface area contributed by atoms with Crippen LogP contribution in [0.25, 0.3) is 0 Å². The van der Waals surface area contributed by atoms with Crippen LogP contribution in [0.1, 0.15) is 65.6 Å². The first kappa shape index (κ1) is 29.1. The van der Waals surface area contributed by atoms with E-state index < -0.39 is 28.3 Å². The van der Waals surface area contributed by atoms with Crippen LogP contribution in [-0.2, 0) is 5.60 Å². The minimum Gasteiger partial charge on any atom is -0.544 e. The van der Waals surface area contributed by atoms with Crippen molar-refractivity contribution in [2.45, 2.75) is 96.4 Å². The zero-order valence-electron chi connectivity index (χ0n) is 24.3. The highest BCUT2D eigenvalue weighted by Crippen LogP contribution is 2.42. The van der Waals surface area contributed by atoms with Gasteiger partial charge >= 0.3 is 0 Å². The molecular formula is C28H44N4O3Si2. The molecule has 7 nitrogen and oxygen atoms in total. The van der Waals surface area contributed by atoms with Gasteiger partial charge in [0, 0.05) is 0 Å². The highest BCUT2D eigenvalue weighted by Gasteiger charge is 2.42. The van der Waals surface area contributed by atoms with E-state index in [0.29, 0.717) is 0 Å². The van der Waals surface area contributed by atoms with Crippen molar-refractivity contribution in [3.05, 3.63) is 66.0 Å². The lowest BCUT2D eigenvalue weighted by Crippen LogP contribution is -2.44.